The Hall–Kier alpha value is -2.92. The van der Waals surface area contributed by atoms with E-state index in [1.807, 2.05) is 30.3 Å². The number of hydrogen-bond donors (Lipinski definition) is 2. The average molecular weight is 338 g/mol. The first-order valence-corrected chi connectivity index (χ1v) is 8.00. The third-order valence-electron chi connectivity index (χ3n) is 3.74. The van der Waals surface area contributed by atoms with Crippen molar-refractivity contribution in [3.8, 4) is 0 Å². The van der Waals surface area contributed by atoms with Gasteiger partial charge in [0.25, 0.3) is 5.91 Å². The summed E-state index contributed by atoms with van der Waals surface area (Å²) >= 11 is 0. The van der Waals surface area contributed by atoms with E-state index >= 15 is 0 Å². The summed E-state index contributed by atoms with van der Waals surface area (Å²) in [7, 11) is 3.21. The summed E-state index contributed by atoms with van der Waals surface area (Å²) in [6.45, 7) is 0.388. The van der Waals surface area contributed by atoms with Crippen molar-refractivity contribution in [1.82, 2.24) is 10.6 Å². The molecule has 0 aromatic heterocycles. The lowest BCUT2D eigenvalue weighted by atomic mass is 10.1. The van der Waals surface area contributed by atoms with Crippen LogP contribution in [0.15, 0.2) is 60.7 Å². The largest absolute Gasteiger partial charge is 0.375 e. The molecule has 2 N–H and O–H groups in total. The molecule has 0 radical (unpaired) electrons. The molecule has 0 bridgehead atoms. The van der Waals surface area contributed by atoms with Crippen LogP contribution in [0.5, 0.6) is 0 Å². The topological polar surface area (TPSA) is 67.4 Å². The maximum absolute atomic E-state index is 12.0. The minimum absolute atomic E-state index is 0.139. The summed E-state index contributed by atoms with van der Waals surface area (Å²) in [5.41, 5.74) is 2.43. The summed E-state index contributed by atoms with van der Waals surface area (Å²) in [5.74, 6) is -0.340. The molecule has 0 unspecified atom stereocenters. The maximum Gasteiger partial charge on any atom is 0.251 e. The van der Waals surface area contributed by atoms with Crippen LogP contribution in [0.4, 0.5) is 0 Å². The zero-order valence-corrected chi connectivity index (χ0v) is 14.4. The molecule has 0 saturated carbocycles. The fourth-order valence-electron chi connectivity index (χ4n) is 2.32. The fourth-order valence-corrected chi connectivity index (χ4v) is 2.32. The first-order chi connectivity index (χ1) is 12.1. The Morgan fingerprint density at radius 1 is 1.08 bits per heavy atom. The van der Waals surface area contributed by atoms with Gasteiger partial charge in [-0.05, 0) is 29.3 Å². The van der Waals surface area contributed by atoms with Gasteiger partial charge in [0.15, 0.2) is 0 Å². The van der Waals surface area contributed by atoms with Crippen LogP contribution in [0.25, 0.3) is 6.08 Å². The van der Waals surface area contributed by atoms with Gasteiger partial charge in [-0.2, -0.15) is 0 Å². The second-order valence-electron chi connectivity index (χ2n) is 5.41. The van der Waals surface area contributed by atoms with Crippen molar-refractivity contribution >= 4 is 17.9 Å². The number of carbonyl (C=O) groups is 2. The molecule has 2 rings (SSSR count). The van der Waals surface area contributed by atoms with Gasteiger partial charge >= 0.3 is 0 Å². The van der Waals surface area contributed by atoms with Gasteiger partial charge in [0.2, 0.25) is 5.91 Å². The highest BCUT2D eigenvalue weighted by molar-refractivity contribution is 5.94. The number of benzene rings is 2. The van der Waals surface area contributed by atoms with Crippen molar-refractivity contribution in [3.05, 3.63) is 77.4 Å². The van der Waals surface area contributed by atoms with Gasteiger partial charge in [0.1, 0.15) is 0 Å². The molecule has 0 heterocycles. The molecule has 2 amide bonds. The Labute approximate surface area is 147 Å². The van der Waals surface area contributed by atoms with E-state index in [-0.39, 0.29) is 17.9 Å². The smallest absolute Gasteiger partial charge is 0.251 e. The van der Waals surface area contributed by atoms with Crippen LogP contribution in [-0.2, 0) is 9.53 Å². The average Bonchev–Trinajstić information content (AvgIpc) is 2.67. The standard InChI is InChI=1S/C20H22N2O3/c1-21-20(24)17-11-8-15(9-12-17)10-13-19(23)22-14-18(25-2)16-6-4-3-5-7-16/h3-13,18H,14H2,1-2H3,(H,21,24)(H,22,23)/b13-10+/t18-/m0/s1. The number of methoxy groups -OCH3 is 1. The van der Waals surface area contributed by atoms with E-state index < -0.39 is 0 Å². The van der Waals surface area contributed by atoms with Gasteiger partial charge in [0.05, 0.1) is 6.10 Å². The molecule has 0 aliphatic rings. The van der Waals surface area contributed by atoms with Crippen LogP contribution in [0.2, 0.25) is 0 Å². The molecule has 0 spiro atoms. The number of carbonyl (C=O) groups excluding carboxylic acids is 2. The van der Waals surface area contributed by atoms with E-state index in [1.165, 1.54) is 6.08 Å². The van der Waals surface area contributed by atoms with E-state index in [0.717, 1.165) is 11.1 Å². The van der Waals surface area contributed by atoms with E-state index in [9.17, 15) is 9.59 Å². The number of rotatable bonds is 7. The molecule has 0 saturated heterocycles. The van der Waals surface area contributed by atoms with Crippen LogP contribution < -0.4 is 10.6 Å². The van der Waals surface area contributed by atoms with Crippen LogP contribution >= 0.6 is 0 Å². The third kappa shape index (κ3) is 5.58. The van der Waals surface area contributed by atoms with E-state index in [0.29, 0.717) is 12.1 Å². The zero-order chi connectivity index (χ0) is 18.1. The number of nitrogens with one attached hydrogen (secondary N) is 2. The van der Waals surface area contributed by atoms with E-state index in [2.05, 4.69) is 10.6 Å². The highest BCUT2D eigenvalue weighted by Crippen LogP contribution is 2.14. The first kappa shape index (κ1) is 18.4. The van der Waals surface area contributed by atoms with Crippen LogP contribution in [0.3, 0.4) is 0 Å². The molecule has 5 nitrogen and oxygen atoms in total. The van der Waals surface area contributed by atoms with Gasteiger partial charge in [-0.15, -0.1) is 0 Å². The molecule has 25 heavy (non-hydrogen) atoms. The van der Waals surface area contributed by atoms with E-state index in [1.54, 1.807) is 44.5 Å². The van der Waals surface area contributed by atoms with Crippen molar-refractivity contribution in [2.75, 3.05) is 20.7 Å². The molecule has 0 fully saturated rings. The van der Waals surface area contributed by atoms with Gasteiger partial charge in [0, 0.05) is 32.3 Å². The molecule has 5 heteroatoms. The summed E-state index contributed by atoms with van der Waals surface area (Å²) in [6, 6.07) is 16.7. The fraction of sp³-hybridized carbons (Fsp3) is 0.200. The van der Waals surface area contributed by atoms with Crippen molar-refractivity contribution < 1.29 is 14.3 Å². The Morgan fingerprint density at radius 3 is 2.36 bits per heavy atom. The first-order valence-electron chi connectivity index (χ1n) is 8.00. The van der Waals surface area contributed by atoms with Crippen molar-refractivity contribution in [2.24, 2.45) is 0 Å². The molecular formula is C20H22N2O3. The number of amides is 2. The quantitative estimate of drug-likeness (QED) is 0.763. The SMILES string of the molecule is CNC(=O)c1ccc(/C=C/C(=O)NC[C@H](OC)c2ccccc2)cc1. The summed E-state index contributed by atoms with van der Waals surface area (Å²) in [4.78, 5) is 23.5. The van der Waals surface area contributed by atoms with Crippen molar-refractivity contribution in [1.29, 1.82) is 0 Å². The highest BCUT2D eigenvalue weighted by atomic mass is 16.5. The van der Waals surface area contributed by atoms with Gasteiger partial charge in [-0.1, -0.05) is 42.5 Å². The lowest BCUT2D eigenvalue weighted by molar-refractivity contribution is -0.117. The lowest BCUT2D eigenvalue weighted by Crippen LogP contribution is -2.27. The van der Waals surface area contributed by atoms with Crippen molar-refractivity contribution in [3.63, 3.8) is 0 Å². The van der Waals surface area contributed by atoms with Gasteiger partial charge in [-0.3, -0.25) is 9.59 Å². The Balaban J connectivity index is 1.89. The normalized spacial score (nSPS) is 11.9. The molecule has 2 aromatic carbocycles. The Morgan fingerprint density at radius 2 is 1.76 bits per heavy atom. The molecule has 0 aliphatic heterocycles. The molecule has 130 valence electrons. The summed E-state index contributed by atoms with van der Waals surface area (Å²) in [6.07, 6.45) is 2.98. The van der Waals surface area contributed by atoms with E-state index in [4.69, 9.17) is 4.74 Å². The van der Waals surface area contributed by atoms with Gasteiger partial charge in [-0.25, -0.2) is 0 Å². The van der Waals surface area contributed by atoms with Crippen molar-refractivity contribution in [2.45, 2.75) is 6.10 Å². The van der Waals surface area contributed by atoms with Crippen LogP contribution in [0.1, 0.15) is 27.6 Å². The summed E-state index contributed by atoms with van der Waals surface area (Å²) < 4.78 is 5.42. The van der Waals surface area contributed by atoms with Gasteiger partial charge < -0.3 is 15.4 Å². The Kier molecular flexibility index (Phi) is 6.92. The zero-order valence-electron chi connectivity index (χ0n) is 14.4. The minimum atomic E-state index is -0.201. The second kappa shape index (κ2) is 9.39. The van der Waals surface area contributed by atoms with Crippen LogP contribution in [-0.4, -0.2) is 32.5 Å². The monoisotopic (exact) mass is 338 g/mol. The molecule has 2 aromatic rings. The number of hydrogen-bond acceptors (Lipinski definition) is 3. The third-order valence-corrected chi connectivity index (χ3v) is 3.74. The summed E-state index contributed by atoms with van der Waals surface area (Å²) in [5, 5.41) is 5.39. The van der Waals surface area contributed by atoms with Crippen LogP contribution in [0, 0.1) is 0 Å². The minimum Gasteiger partial charge on any atom is -0.375 e. The maximum atomic E-state index is 12.0. The molecule has 1 atom stereocenters. The second-order valence-corrected chi connectivity index (χ2v) is 5.41. The molecule has 0 aliphatic carbocycles. The lowest BCUT2D eigenvalue weighted by Gasteiger charge is -2.15. The molecular weight excluding hydrogens is 316 g/mol. The Bertz CT molecular complexity index is 724. The number of ether oxygens (including phenoxy) is 1. The predicted molar refractivity (Wildman–Crippen MR) is 98.1 cm³/mol. The predicted octanol–water partition coefficient (Wildman–Crippen LogP) is 2.56. The highest BCUT2D eigenvalue weighted by Gasteiger charge is 2.10.